The number of hydrogen-bond donors (Lipinski definition) is 2. The number of rotatable bonds is 1. The second kappa shape index (κ2) is 5.25. The highest BCUT2D eigenvalue weighted by atomic mass is 16.6. The van der Waals surface area contributed by atoms with Crippen LogP contribution in [-0.4, -0.2) is 35.5 Å². The molecule has 1 unspecified atom stereocenters. The number of amidine groups is 1. The number of nitrogens with zero attached hydrogens (tertiary/aromatic N) is 1. The first-order valence-corrected chi connectivity index (χ1v) is 8.17. The Balaban J connectivity index is 1.84. The van der Waals surface area contributed by atoms with Crippen LogP contribution < -0.4 is 5.73 Å². The van der Waals surface area contributed by atoms with Crippen LogP contribution in [0.3, 0.4) is 0 Å². The lowest BCUT2D eigenvalue weighted by molar-refractivity contribution is 0.0284. The van der Waals surface area contributed by atoms with E-state index in [1.807, 2.05) is 37.8 Å². The maximum Gasteiger partial charge on any atom is 0.410 e. The lowest BCUT2D eigenvalue weighted by atomic mass is 9.81. The summed E-state index contributed by atoms with van der Waals surface area (Å²) in [6.45, 7) is 7.08. The number of ether oxygens (including phenoxy) is 1. The number of carbonyl (C=O) groups is 1. The fraction of sp³-hybridized carbons (Fsp3) is 0.556. The summed E-state index contributed by atoms with van der Waals surface area (Å²) in [7, 11) is 0. The van der Waals surface area contributed by atoms with E-state index in [0.717, 1.165) is 31.4 Å². The van der Waals surface area contributed by atoms with Crippen molar-refractivity contribution in [3.63, 3.8) is 0 Å². The lowest BCUT2D eigenvalue weighted by Gasteiger charge is -2.27. The van der Waals surface area contributed by atoms with Crippen molar-refractivity contribution in [2.75, 3.05) is 13.1 Å². The van der Waals surface area contributed by atoms with Crippen molar-refractivity contribution < 1.29 is 9.53 Å². The molecular formula is C18H25N3O2. The minimum absolute atomic E-state index is 0.00228. The fourth-order valence-electron chi connectivity index (χ4n) is 3.88. The summed E-state index contributed by atoms with van der Waals surface area (Å²) in [5.74, 6) is 0.126. The predicted molar refractivity (Wildman–Crippen MR) is 89.9 cm³/mol. The van der Waals surface area contributed by atoms with E-state index < -0.39 is 5.60 Å². The molecule has 0 radical (unpaired) electrons. The summed E-state index contributed by atoms with van der Waals surface area (Å²) in [4.78, 5) is 14.2. The van der Waals surface area contributed by atoms with E-state index in [1.54, 1.807) is 0 Å². The Morgan fingerprint density at radius 1 is 1.35 bits per heavy atom. The van der Waals surface area contributed by atoms with Crippen LogP contribution in [0.5, 0.6) is 0 Å². The summed E-state index contributed by atoms with van der Waals surface area (Å²) < 4.78 is 5.51. The van der Waals surface area contributed by atoms with Gasteiger partial charge in [0.15, 0.2) is 0 Å². The van der Waals surface area contributed by atoms with Gasteiger partial charge in [0, 0.05) is 24.1 Å². The van der Waals surface area contributed by atoms with Crippen LogP contribution in [0.4, 0.5) is 4.79 Å². The van der Waals surface area contributed by atoms with E-state index in [2.05, 4.69) is 6.07 Å². The summed E-state index contributed by atoms with van der Waals surface area (Å²) in [6, 6.07) is 6.02. The molecule has 0 aromatic heterocycles. The number of hydrogen-bond acceptors (Lipinski definition) is 3. The molecule has 0 bridgehead atoms. The van der Waals surface area contributed by atoms with Crippen molar-refractivity contribution in [1.82, 2.24) is 4.90 Å². The van der Waals surface area contributed by atoms with Gasteiger partial charge in [-0.05, 0) is 51.2 Å². The van der Waals surface area contributed by atoms with Crippen LogP contribution >= 0.6 is 0 Å². The maximum absolute atomic E-state index is 12.3. The van der Waals surface area contributed by atoms with Crippen LogP contribution in [0.1, 0.15) is 50.3 Å². The van der Waals surface area contributed by atoms with E-state index in [-0.39, 0.29) is 17.3 Å². The maximum atomic E-state index is 12.3. The minimum Gasteiger partial charge on any atom is -0.444 e. The fourth-order valence-corrected chi connectivity index (χ4v) is 3.88. The molecule has 1 aromatic carbocycles. The molecule has 124 valence electrons. The van der Waals surface area contributed by atoms with Crippen LogP contribution in [-0.2, 0) is 16.6 Å². The Labute approximate surface area is 137 Å². The van der Waals surface area contributed by atoms with Crippen molar-refractivity contribution in [2.45, 2.75) is 51.0 Å². The van der Waals surface area contributed by atoms with Crippen molar-refractivity contribution in [2.24, 2.45) is 5.73 Å². The van der Waals surface area contributed by atoms with E-state index in [4.69, 9.17) is 15.9 Å². The molecule has 1 aromatic rings. The molecule has 5 nitrogen and oxygen atoms in total. The smallest absolute Gasteiger partial charge is 0.410 e. The van der Waals surface area contributed by atoms with Crippen molar-refractivity contribution >= 4 is 11.9 Å². The summed E-state index contributed by atoms with van der Waals surface area (Å²) in [5, 5.41) is 7.76. The second-order valence-corrected chi connectivity index (χ2v) is 7.68. The van der Waals surface area contributed by atoms with Gasteiger partial charge in [0.05, 0.1) is 0 Å². The summed E-state index contributed by atoms with van der Waals surface area (Å²) >= 11 is 0. The van der Waals surface area contributed by atoms with Gasteiger partial charge < -0.3 is 15.4 Å². The third kappa shape index (κ3) is 2.80. The highest BCUT2D eigenvalue weighted by molar-refractivity contribution is 5.97. The molecule has 0 saturated carbocycles. The van der Waals surface area contributed by atoms with Crippen molar-refractivity contribution in [3.8, 4) is 0 Å². The van der Waals surface area contributed by atoms with Gasteiger partial charge in [-0.15, -0.1) is 0 Å². The molecule has 3 rings (SSSR count). The molecule has 1 aliphatic carbocycles. The largest absolute Gasteiger partial charge is 0.444 e. The predicted octanol–water partition coefficient (Wildman–Crippen LogP) is 2.80. The Hall–Kier alpha value is -2.04. The monoisotopic (exact) mass is 315 g/mol. The van der Waals surface area contributed by atoms with Gasteiger partial charge in [0.25, 0.3) is 0 Å². The number of fused-ring (bicyclic) bond motifs is 2. The van der Waals surface area contributed by atoms with Crippen molar-refractivity contribution in [3.05, 3.63) is 34.9 Å². The molecule has 1 aliphatic heterocycles. The van der Waals surface area contributed by atoms with E-state index in [0.29, 0.717) is 6.54 Å². The number of nitrogens with two attached hydrogens (primary N) is 1. The molecule has 1 spiro atoms. The quantitative estimate of drug-likeness (QED) is 0.618. The number of amides is 1. The Morgan fingerprint density at radius 2 is 2.09 bits per heavy atom. The SMILES string of the molecule is CC(C)(C)OC(=O)N1CCC2(CCc3c(C(=N)N)cccc32)C1. The first-order chi connectivity index (χ1) is 10.7. The lowest BCUT2D eigenvalue weighted by Crippen LogP contribution is -2.37. The van der Waals surface area contributed by atoms with Crippen LogP contribution in [0, 0.1) is 5.41 Å². The van der Waals surface area contributed by atoms with Gasteiger partial charge in [0.2, 0.25) is 0 Å². The summed E-state index contributed by atoms with van der Waals surface area (Å²) in [5.41, 5.74) is 8.53. The molecule has 1 atom stereocenters. The first kappa shape index (κ1) is 15.8. The molecular weight excluding hydrogens is 290 g/mol. The number of likely N-dealkylation sites (tertiary alicyclic amines) is 1. The molecule has 3 N–H and O–H groups in total. The van der Waals surface area contributed by atoms with Gasteiger partial charge in [-0.3, -0.25) is 5.41 Å². The number of nitrogen functional groups attached to an aromatic ring is 1. The van der Waals surface area contributed by atoms with Gasteiger partial charge >= 0.3 is 6.09 Å². The third-order valence-electron chi connectivity index (χ3n) is 4.90. The Kier molecular flexibility index (Phi) is 3.62. The minimum atomic E-state index is -0.470. The molecule has 2 aliphatic rings. The van der Waals surface area contributed by atoms with Crippen LogP contribution in [0.2, 0.25) is 0 Å². The van der Waals surface area contributed by atoms with Crippen molar-refractivity contribution in [1.29, 1.82) is 5.41 Å². The normalized spacial score (nSPS) is 23.2. The van der Waals surface area contributed by atoms with Crippen LogP contribution in [0.25, 0.3) is 0 Å². The molecule has 5 heteroatoms. The number of benzene rings is 1. The molecule has 23 heavy (non-hydrogen) atoms. The first-order valence-electron chi connectivity index (χ1n) is 8.17. The average Bonchev–Trinajstić information content (AvgIpc) is 3.03. The highest BCUT2D eigenvalue weighted by Gasteiger charge is 2.46. The van der Waals surface area contributed by atoms with E-state index in [1.165, 1.54) is 11.1 Å². The standard InChI is InChI=1S/C18H25N3O2/c1-17(2,3)23-16(22)21-10-9-18(11-21)8-7-12-13(15(19)20)5-4-6-14(12)18/h4-6H,7-11H2,1-3H3,(H3,19,20). The van der Waals surface area contributed by atoms with Gasteiger partial charge in [-0.1, -0.05) is 18.2 Å². The third-order valence-corrected chi connectivity index (χ3v) is 4.90. The molecule has 1 saturated heterocycles. The molecule has 1 heterocycles. The zero-order valence-electron chi connectivity index (χ0n) is 14.1. The van der Waals surface area contributed by atoms with Gasteiger partial charge in [-0.25, -0.2) is 4.79 Å². The Bertz CT molecular complexity index is 663. The van der Waals surface area contributed by atoms with Gasteiger partial charge in [0.1, 0.15) is 11.4 Å². The van der Waals surface area contributed by atoms with E-state index >= 15 is 0 Å². The second-order valence-electron chi connectivity index (χ2n) is 7.68. The number of carbonyl (C=O) groups excluding carboxylic acids is 1. The topological polar surface area (TPSA) is 79.4 Å². The van der Waals surface area contributed by atoms with E-state index in [9.17, 15) is 4.79 Å². The zero-order chi connectivity index (χ0) is 16.8. The zero-order valence-corrected chi connectivity index (χ0v) is 14.1. The Morgan fingerprint density at radius 3 is 2.74 bits per heavy atom. The molecule has 1 fully saturated rings. The highest BCUT2D eigenvalue weighted by Crippen LogP contribution is 2.46. The number of nitrogens with one attached hydrogen (secondary N) is 1. The molecule has 1 amide bonds. The van der Waals surface area contributed by atoms with Crippen LogP contribution in [0.15, 0.2) is 18.2 Å². The average molecular weight is 315 g/mol. The van der Waals surface area contributed by atoms with Gasteiger partial charge in [-0.2, -0.15) is 0 Å². The summed E-state index contributed by atoms with van der Waals surface area (Å²) in [6.07, 6.45) is 2.64.